The summed E-state index contributed by atoms with van der Waals surface area (Å²) in [5.41, 5.74) is 0.748. The van der Waals surface area contributed by atoms with Crippen LogP contribution in [0.25, 0.3) is 11.5 Å². The summed E-state index contributed by atoms with van der Waals surface area (Å²) < 4.78 is 5.20. The number of nitrogens with zero attached hydrogens (tertiary/aromatic N) is 4. The minimum absolute atomic E-state index is 0.0641. The molecule has 0 saturated heterocycles. The molecule has 0 bridgehead atoms. The molecule has 0 aliphatic carbocycles. The van der Waals surface area contributed by atoms with Crippen LogP contribution in [0.2, 0.25) is 0 Å². The first-order chi connectivity index (χ1) is 13.8. The molecule has 1 amide bonds. The summed E-state index contributed by atoms with van der Waals surface area (Å²) in [4.78, 5) is 33.5. The molecule has 0 atom stereocenters. The summed E-state index contributed by atoms with van der Waals surface area (Å²) in [5.74, 6) is 0.117. The molecule has 0 fully saturated rings. The molecular formula is C21H19N5O3. The van der Waals surface area contributed by atoms with Crippen molar-refractivity contribution in [1.29, 1.82) is 5.26 Å². The van der Waals surface area contributed by atoms with Gasteiger partial charge in [-0.25, -0.2) is 0 Å². The van der Waals surface area contributed by atoms with Gasteiger partial charge in [-0.1, -0.05) is 23.4 Å². The third kappa shape index (κ3) is 4.71. The van der Waals surface area contributed by atoms with Gasteiger partial charge in [0.2, 0.25) is 0 Å². The Morgan fingerprint density at radius 2 is 2.00 bits per heavy atom. The van der Waals surface area contributed by atoms with Crippen LogP contribution in [0.15, 0.2) is 47.1 Å². The number of nitriles is 1. The van der Waals surface area contributed by atoms with E-state index >= 15 is 0 Å². The van der Waals surface area contributed by atoms with Crippen LogP contribution in [-0.2, 0) is 6.42 Å². The molecule has 2 aromatic heterocycles. The van der Waals surface area contributed by atoms with Gasteiger partial charge in [0.25, 0.3) is 11.8 Å². The Bertz CT molecular complexity index is 1110. The summed E-state index contributed by atoms with van der Waals surface area (Å²) in [7, 11) is 0. The minimum Gasteiger partial charge on any atom is -0.334 e. The first kappa shape index (κ1) is 19.9. The van der Waals surface area contributed by atoms with Crippen LogP contribution < -0.4 is 5.32 Å². The van der Waals surface area contributed by atoms with Crippen molar-refractivity contribution in [2.24, 2.45) is 0 Å². The number of aromatic nitrogens is 3. The van der Waals surface area contributed by atoms with E-state index < -0.39 is 11.4 Å². The Labute approximate surface area is 167 Å². The van der Waals surface area contributed by atoms with Crippen LogP contribution in [0.5, 0.6) is 0 Å². The zero-order valence-corrected chi connectivity index (χ0v) is 16.3. The predicted molar refractivity (Wildman–Crippen MR) is 104 cm³/mol. The first-order valence-corrected chi connectivity index (χ1v) is 8.90. The molecule has 3 rings (SSSR count). The van der Waals surface area contributed by atoms with E-state index in [4.69, 9.17) is 9.78 Å². The number of benzene rings is 1. The minimum atomic E-state index is -1.02. The molecular weight excluding hydrogens is 370 g/mol. The van der Waals surface area contributed by atoms with Crippen molar-refractivity contribution < 1.29 is 14.1 Å². The van der Waals surface area contributed by atoms with Crippen molar-refractivity contribution in [3.05, 3.63) is 65.2 Å². The molecule has 0 aliphatic rings. The number of hydrogen-bond donors (Lipinski definition) is 1. The van der Waals surface area contributed by atoms with E-state index in [9.17, 15) is 9.59 Å². The van der Waals surface area contributed by atoms with Crippen molar-refractivity contribution in [1.82, 2.24) is 20.4 Å². The number of aryl methyl sites for hydroxylation is 1. The number of amides is 1. The van der Waals surface area contributed by atoms with Gasteiger partial charge in [0, 0.05) is 18.2 Å². The van der Waals surface area contributed by atoms with Gasteiger partial charge in [-0.15, -0.1) is 0 Å². The number of hydrogen-bond acceptors (Lipinski definition) is 7. The molecule has 146 valence electrons. The summed E-state index contributed by atoms with van der Waals surface area (Å²) in [6.45, 7) is 4.89. The average Bonchev–Trinajstić information content (AvgIpc) is 3.14. The summed E-state index contributed by atoms with van der Waals surface area (Å²) in [6.07, 6.45) is 1.53. The number of ketones is 1. The zero-order chi connectivity index (χ0) is 21.0. The molecule has 0 spiro atoms. The van der Waals surface area contributed by atoms with Gasteiger partial charge in [0.05, 0.1) is 11.6 Å². The Morgan fingerprint density at radius 1 is 1.24 bits per heavy atom. The van der Waals surface area contributed by atoms with Crippen LogP contribution in [0.4, 0.5) is 0 Å². The smallest absolute Gasteiger partial charge is 0.271 e. The lowest BCUT2D eigenvalue weighted by Gasteiger charge is -2.17. The van der Waals surface area contributed by atoms with E-state index in [1.807, 2.05) is 6.07 Å². The first-order valence-electron chi connectivity index (χ1n) is 8.90. The van der Waals surface area contributed by atoms with Crippen molar-refractivity contribution >= 4 is 11.7 Å². The molecule has 29 heavy (non-hydrogen) atoms. The highest BCUT2D eigenvalue weighted by atomic mass is 16.5. The van der Waals surface area contributed by atoms with Crippen molar-refractivity contribution in [3.8, 4) is 17.5 Å². The van der Waals surface area contributed by atoms with Crippen LogP contribution >= 0.6 is 0 Å². The lowest BCUT2D eigenvalue weighted by molar-refractivity contribution is 0.0922. The number of carbonyl (C=O) groups excluding carboxylic acids is 2. The summed E-state index contributed by atoms with van der Waals surface area (Å²) >= 11 is 0. The second kappa shape index (κ2) is 8.02. The maximum Gasteiger partial charge on any atom is 0.271 e. The van der Waals surface area contributed by atoms with E-state index in [2.05, 4.69) is 20.4 Å². The molecule has 1 aromatic carbocycles. The van der Waals surface area contributed by atoms with E-state index in [0.29, 0.717) is 22.5 Å². The molecule has 0 saturated carbocycles. The van der Waals surface area contributed by atoms with E-state index in [-0.39, 0.29) is 23.8 Å². The monoisotopic (exact) mass is 389 g/mol. The standard InChI is InChI=1S/C21H19N5O3/c1-13-24-20(29-26-13)16-7-5-4-6-15(16)18(27)11-14-8-9-23-17(10-14)19(28)25-21(2,3)12-22/h4-10H,11H2,1-3H3,(H,25,28). The third-order valence-electron chi connectivity index (χ3n) is 4.11. The fourth-order valence-electron chi connectivity index (χ4n) is 2.68. The Balaban J connectivity index is 1.82. The zero-order valence-electron chi connectivity index (χ0n) is 16.3. The topological polar surface area (TPSA) is 122 Å². The van der Waals surface area contributed by atoms with Gasteiger partial charge >= 0.3 is 0 Å². The number of rotatable bonds is 6. The molecule has 1 N–H and O–H groups in total. The fraction of sp³-hybridized carbons (Fsp3) is 0.238. The van der Waals surface area contributed by atoms with Gasteiger partial charge in [0.15, 0.2) is 11.6 Å². The molecule has 2 heterocycles. The van der Waals surface area contributed by atoms with Crippen molar-refractivity contribution in [2.45, 2.75) is 32.7 Å². The van der Waals surface area contributed by atoms with Crippen LogP contribution in [-0.4, -0.2) is 32.4 Å². The Kier molecular flexibility index (Phi) is 5.50. The highest BCUT2D eigenvalue weighted by molar-refractivity contribution is 6.02. The van der Waals surface area contributed by atoms with Crippen molar-refractivity contribution in [3.63, 3.8) is 0 Å². The highest BCUT2D eigenvalue weighted by Gasteiger charge is 2.22. The molecule has 0 aliphatic heterocycles. The second-order valence-corrected chi connectivity index (χ2v) is 7.03. The van der Waals surface area contributed by atoms with Crippen molar-refractivity contribution in [2.75, 3.05) is 0 Å². The number of nitrogens with one attached hydrogen (secondary N) is 1. The van der Waals surface area contributed by atoms with Crippen LogP contribution in [0.1, 0.15) is 46.1 Å². The Hall–Kier alpha value is -3.86. The second-order valence-electron chi connectivity index (χ2n) is 7.03. The molecule has 0 radical (unpaired) electrons. The van der Waals surface area contributed by atoms with Gasteiger partial charge in [0.1, 0.15) is 11.2 Å². The normalized spacial score (nSPS) is 11.0. The quantitative estimate of drug-likeness (QED) is 0.643. The highest BCUT2D eigenvalue weighted by Crippen LogP contribution is 2.23. The largest absolute Gasteiger partial charge is 0.334 e. The number of Topliss-reactive ketones (excluding diaryl/α,β-unsaturated/α-hetero) is 1. The maximum absolute atomic E-state index is 12.9. The van der Waals surface area contributed by atoms with Gasteiger partial charge in [-0.2, -0.15) is 10.2 Å². The SMILES string of the molecule is Cc1noc(-c2ccccc2C(=O)Cc2ccnc(C(=O)NC(C)(C)C#N)c2)n1. The molecule has 0 unspecified atom stereocenters. The number of pyridine rings is 1. The Morgan fingerprint density at radius 3 is 2.69 bits per heavy atom. The van der Waals surface area contributed by atoms with Crippen LogP contribution in [0, 0.1) is 18.3 Å². The third-order valence-corrected chi connectivity index (χ3v) is 4.11. The lowest BCUT2D eigenvalue weighted by Crippen LogP contribution is -2.42. The van der Waals surface area contributed by atoms with E-state index in [1.54, 1.807) is 57.2 Å². The molecule has 8 heteroatoms. The van der Waals surface area contributed by atoms with Gasteiger partial charge in [-0.3, -0.25) is 14.6 Å². The van der Waals surface area contributed by atoms with Gasteiger partial charge < -0.3 is 9.84 Å². The van der Waals surface area contributed by atoms with Crippen LogP contribution in [0.3, 0.4) is 0 Å². The maximum atomic E-state index is 12.9. The molecule has 8 nitrogen and oxygen atoms in total. The summed E-state index contributed by atoms with van der Waals surface area (Å²) in [6, 6.07) is 12.2. The molecule has 3 aromatic rings. The average molecular weight is 389 g/mol. The summed E-state index contributed by atoms with van der Waals surface area (Å²) in [5, 5.41) is 15.4. The van der Waals surface area contributed by atoms with E-state index in [1.165, 1.54) is 6.20 Å². The van der Waals surface area contributed by atoms with Gasteiger partial charge in [-0.05, 0) is 44.5 Å². The lowest BCUT2D eigenvalue weighted by atomic mass is 9.98. The predicted octanol–water partition coefficient (Wildman–Crippen LogP) is 2.90. The number of carbonyl (C=O) groups is 2. The van der Waals surface area contributed by atoms with E-state index in [0.717, 1.165) is 0 Å². The fourth-order valence-corrected chi connectivity index (χ4v) is 2.68.